The van der Waals surface area contributed by atoms with E-state index >= 15 is 0 Å². The second-order valence-electron chi connectivity index (χ2n) is 5.70. The maximum Gasteiger partial charge on any atom is 0.339 e. The molecule has 0 aliphatic carbocycles. The van der Waals surface area contributed by atoms with Crippen LogP contribution in [0.15, 0.2) is 24.7 Å². The van der Waals surface area contributed by atoms with E-state index in [-0.39, 0.29) is 17.5 Å². The van der Waals surface area contributed by atoms with E-state index in [0.717, 1.165) is 18.4 Å². The number of carbonyl (C=O) groups excluding carboxylic acids is 1. The lowest BCUT2D eigenvalue weighted by Crippen LogP contribution is -2.39. The number of piperidine rings is 1. The molecule has 1 amide bonds. The minimum absolute atomic E-state index is 0.119. The first-order valence-electron chi connectivity index (χ1n) is 7.57. The van der Waals surface area contributed by atoms with Gasteiger partial charge in [0.15, 0.2) is 0 Å². The molecule has 3 heterocycles. The van der Waals surface area contributed by atoms with E-state index in [1.807, 2.05) is 6.92 Å². The van der Waals surface area contributed by atoms with E-state index in [1.54, 1.807) is 23.4 Å². The van der Waals surface area contributed by atoms with Gasteiger partial charge in [0.05, 0.1) is 23.5 Å². The van der Waals surface area contributed by atoms with Crippen LogP contribution in [0.25, 0.3) is 0 Å². The number of aromatic nitrogens is 3. The fourth-order valence-electron chi connectivity index (χ4n) is 3.04. The van der Waals surface area contributed by atoms with Gasteiger partial charge >= 0.3 is 5.97 Å². The van der Waals surface area contributed by atoms with Crippen LogP contribution in [0, 0.1) is 6.92 Å². The Hall–Kier alpha value is -2.70. The number of aryl methyl sites for hydroxylation is 1. The standard InChI is InChI=1S/C16H18N4O3/c1-10-5-6-17-8-11(10)15(21)20-7-3-2-4-13(20)14-12(16(22)23)9-18-19-14/h5-6,8-9,13H,2-4,7H2,1H3,(H,18,19)(H,22,23). The van der Waals surface area contributed by atoms with Crippen molar-refractivity contribution in [2.24, 2.45) is 0 Å². The number of rotatable bonds is 3. The van der Waals surface area contributed by atoms with Crippen LogP contribution in [-0.4, -0.2) is 43.6 Å². The lowest BCUT2D eigenvalue weighted by Gasteiger charge is -2.35. The van der Waals surface area contributed by atoms with E-state index in [9.17, 15) is 14.7 Å². The SMILES string of the molecule is Cc1ccncc1C(=O)N1CCCCC1c1[nH]ncc1C(=O)O. The molecule has 23 heavy (non-hydrogen) atoms. The Morgan fingerprint density at radius 3 is 2.87 bits per heavy atom. The summed E-state index contributed by atoms with van der Waals surface area (Å²) in [6.07, 6.45) is 7.07. The van der Waals surface area contributed by atoms with Gasteiger partial charge in [-0.25, -0.2) is 4.79 Å². The zero-order valence-corrected chi connectivity index (χ0v) is 12.8. The Morgan fingerprint density at radius 1 is 1.30 bits per heavy atom. The fourth-order valence-corrected chi connectivity index (χ4v) is 3.04. The predicted molar refractivity (Wildman–Crippen MR) is 82.1 cm³/mol. The molecule has 1 saturated heterocycles. The van der Waals surface area contributed by atoms with Crippen molar-refractivity contribution in [3.63, 3.8) is 0 Å². The van der Waals surface area contributed by atoms with Crippen LogP contribution < -0.4 is 0 Å². The van der Waals surface area contributed by atoms with Crippen LogP contribution in [0.4, 0.5) is 0 Å². The minimum Gasteiger partial charge on any atom is -0.478 e. The maximum absolute atomic E-state index is 12.9. The summed E-state index contributed by atoms with van der Waals surface area (Å²) in [7, 11) is 0. The van der Waals surface area contributed by atoms with Crippen molar-refractivity contribution in [1.29, 1.82) is 0 Å². The number of carbonyl (C=O) groups is 2. The van der Waals surface area contributed by atoms with Crippen LogP contribution in [-0.2, 0) is 0 Å². The molecule has 2 aromatic rings. The molecule has 0 aromatic carbocycles. The van der Waals surface area contributed by atoms with Crippen molar-refractivity contribution in [1.82, 2.24) is 20.1 Å². The quantitative estimate of drug-likeness (QED) is 0.904. The molecule has 7 nitrogen and oxygen atoms in total. The average Bonchev–Trinajstić information content (AvgIpc) is 3.04. The number of likely N-dealkylation sites (tertiary alicyclic amines) is 1. The van der Waals surface area contributed by atoms with Gasteiger partial charge in [-0.1, -0.05) is 0 Å². The van der Waals surface area contributed by atoms with E-state index in [4.69, 9.17) is 0 Å². The number of nitrogens with one attached hydrogen (secondary N) is 1. The van der Waals surface area contributed by atoms with Crippen molar-refractivity contribution in [3.05, 3.63) is 47.0 Å². The summed E-state index contributed by atoms with van der Waals surface area (Å²) < 4.78 is 0. The highest BCUT2D eigenvalue weighted by atomic mass is 16.4. The number of H-pyrrole nitrogens is 1. The van der Waals surface area contributed by atoms with Gasteiger partial charge in [0, 0.05) is 18.9 Å². The number of amides is 1. The third kappa shape index (κ3) is 2.81. The van der Waals surface area contributed by atoms with Crippen LogP contribution in [0.5, 0.6) is 0 Å². The Kier molecular flexibility index (Phi) is 4.10. The van der Waals surface area contributed by atoms with Crippen LogP contribution in [0.2, 0.25) is 0 Å². The number of aromatic amines is 1. The van der Waals surface area contributed by atoms with Crippen molar-refractivity contribution in [2.75, 3.05) is 6.54 Å². The van der Waals surface area contributed by atoms with Gasteiger partial charge in [-0.2, -0.15) is 5.10 Å². The summed E-state index contributed by atoms with van der Waals surface area (Å²) in [5.41, 5.74) is 2.03. The average molecular weight is 314 g/mol. The smallest absolute Gasteiger partial charge is 0.339 e. The summed E-state index contributed by atoms with van der Waals surface area (Å²) in [4.78, 5) is 30.0. The molecular formula is C16H18N4O3. The molecule has 0 bridgehead atoms. The van der Waals surface area contributed by atoms with Gasteiger partial charge in [-0.3, -0.25) is 14.9 Å². The number of pyridine rings is 1. The Bertz CT molecular complexity index is 740. The van der Waals surface area contributed by atoms with Crippen LogP contribution in [0.1, 0.15) is 57.3 Å². The van der Waals surface area contributed by atoms with Crippen molar-refractivity contribution in [3.8, 4) is 0 Å². The van der Waals surface area contributed by atoms with Gasteiger partial charge in [0.2, 0.25) is 0 Å². The first-order valence-corrected chi connectivity index (χ1v) is 7.57. The van der Waals surface area contributed by atoms with E-state index in [1.165, 1.54) is 6.20 Å². The number of nitrogens with zero attached hydrogens (tertiary/aromatic N) is 3. The maximum atomic E-state index is 12.9. The number of hydrogen-bond acceptors (Lipinski definition) is 4. The number of carboxylic acids is 1. The first kappa shape index (κ1) is 15.2. The predicted octanol–water partition coefficient (Wildman–Crippen LogP) is 2.18. The Morgan fingerprint density at radius 2 is 2.13 bits per heavy atom. The highest BCUT2D eigenvalue weighted by Crippen LogP contribution is 2.33. The molecule has 0 spiro atoms. The molecule has 2 N–H and O–H groups in total. The lowest BCUT2D eigenvalue weighted by molar-refractivity contribution is 0.0589. The largest absolute Gasteiger partial charge is 0.478 e. The lowest BCUT2D eigenvalue weighted by atomic mass is 9.96. The van der Waals surface area contributed by atoms with Crippen LogP contribution >= 0.6 is 0 Å². The molecule has 1 fully saturated rings. The normalized spacial score (nSPS) is 18.0. The molecule has 7 heteroatoms. The summed E-state index contributed by atoms with van der Waals surface area (Å²) in [5, 5.41) is 15.9. The van der Waals surface area contributed by atoms with Gasteiger partial charge in [0.1, 0.15) is 5.56 Å². The summed E-state index contributed by atoms with van der Waals surface area (Å²) in [5.74, 6) is -1.16. The van der Waals surface area contributed by atoms with Crippen molar-refractivity contribution in [2.45, 2.75) is 32.2 Å². The molecule has 1 atom stereocenters. The molecule has 1 unspecified atom stereocenters. The Labute approximate surface area is 133 Å². The molecular weight excluding hydrogens is 296 g/mol. The molecule has 0 saturated carbocycles. The molecule has 0 radical (unpaired) electrons. The number of hydrogen-bond donors (Lipinski definition) is 2. The molecule has 120 valence electrons. The zero-order chi connectivity index (χ0) is 16.4. The molecule has 2 aromatic heterocycles. The van der Waals surface area contributed by atoms with Gasteiger partial charge in [-0.05, 0) is 37.8 Å². The van der Waals surface area contributed by atoms with Crippen molar-refractivity contribution < 1.29 is 14.7 Å². The number of carboxylic acid groups (broad SMARTS) is 1. The topological polar surface area (TPSA) is 99.2 Å². The monoisotopic (exact) mass is 314 g/mol. The third-order valence-corrected chi connectivity index (χ3v) is 4.27. The Balaban J connectivity index is 1.96. The van der Waals surface area contributed by atoms with Gasteiger partial charge < -0.3 is 10.0 Å². The van der Waals surface area contributed by atoms with Gasteiger partial charge in [-0.15, -0.1) is 0 Å². The molecule has 1 aliphatic heterocycles. The van der Waals surface area contributed by atoms with E-state index < -0.39 is 5.97 Å². The van der Waals surface area contributed by atoms with E-state index in [0.29, 0.717) is 24.2 Å². The third-order valence-electron chi connectivity index (χ3n) is 4.27. The van der Waals surface area contributed by atoms with Gasteiger partial charge in [0.25, 0.3) is 5.91 Å². The summed E-state index contributed by atoms with van der Waals surface area (Å²) >= 11 is 0. The van der Waals surface area contributed by atoms with E-state index in [2.05, 4.69) is 15.2 Å². The second kappa shape index (κ2) is 6.20. The zero-order valence-electron chi connectivity index (χ0n) is 12.8. The molecule has 1 aliphatic rings. The first-order chi connectivity index (χ1) is 11.1. The number of aromatic carboxylic acids is 1. The fraction of sp³-hybridized carbons (Fsp3) is 0.375. The highest BCUT2D eigenvalue weighted by Gasteiger charge is 2.33. The second-order valence-corrected chi connectivity index (χ2v) is 5.70. The minimum atomic E-state index is -1.04. The molecule has 3 rings (SSSR count). The summed E-state index contributed by atoms with van der Waals surface area (Å²) in [6.45, 7) is 2.46. The van der Waals surface area contributed by atoms with Crippen molar-refractivity contribution >= 4 is 11.9 Å². The van der Waals surface area contributed by atoms with Crippen LogP contribution in [0.3, 0.4) is 0 Å². The summed E-state index contributed by atoms with van der Waals surface area (Å²) in [6, 6.07) is 1.50. The highest BCUT2D eigenvalue weighted by molar-refractivity contribution is 5.96.